The van der Waals surface area contributed by atoms with Gasteiger partial charge in [0.05, 0.1) is 0 Å². The molecule has 1 heterocycles. The molecule has 86 valence electrons. The maximum absolute atomic E-state index is 11.9. The maximum Gasteiger partial charge on any atom is 0.276 e. The third kappa shape index (κ3) is 2.47. The van der Waals surface area contributed by atoms with Crippen LogP contribution in [0.1, 0.15) is 21.6 Å². The summed E-state index contributed by atoms with van der Waals surface area (Å²) in [7, 11) is 0. The average molecular weight is 227 g/mol. The first kappa shape index (κ1) is 11.3. The SMILES string of the molecule is Cc1cccc(NC(=O)c2cccnn2)c1C. The Bertz CT molecular complexity index is 538. The van der Waals surface area contributed by atoms with E-state index in [1.54, 1.807) is 12.1 Å². The van der Waals surface area contributed by atoms with Crippen molar-refractivity contribution in [3.05, 3.63) is 53.3 Å². The summed E-state index contributed by atoms with van der Waals surface area (Å²) < 4.78 is 0. The molecule has 1 aromatic heterocycles. The number of nitrogens with one attached hydrogen (secondary N) is 1. The largest absolute Gasteiger partial charge is 0.320 e. The Morgan fingerprint density at radius 2 is 2.00 bits per heavy atom. The molecule has 0 fully saturated rings. The smallest absolute Gasteiger partial charge is 0.276 e. The minimum Gasteiger partial charge on any atom is -0.320 e. The molecule has 0 saturated heterocycles. The number of anilines is 1. The van der Waals surface area contributed by atoms with Crippen LogP contribution in [0.2, 0.25) is 0 Å². The van der Waals surface area contributed by atoms with E-state index in [2.05, 4.69) is 15.5 Å². The first-order valence-corrected chi connectivity index (χ1v) is 5.34. The topological polar surface area (TPSA) is 54.9 Å². The van der Waals surface area contributed by atoms with Gasteiger partial charge in [0.1, 0.15) is 0 Å². The van der Waals surface area contributed by atoms with Crippen LogP contribution in [0.15, 0.2) is 36.5 Å². The van der Waals surface area contributed by atoms with Crippen LogP contribution < -0.4 is 5.32 Å². The van der Waals surface area contributed by atoms with Crippen LogP contribution in [0.4, 0.5) is 5.69 Å². The zero-order valence-electron chi connectivity index (χ0n) is 9.77. The number of benzene rings is 1. The third-order valence-electron chi connectivity index (χ3n) is 2.66. The standard InChI is InChI=1S/C13H13N3O/c1-9-5-3-6-11(10(9)2)15-13(17)12-7-4-8-14-16-12/h3-8H,1-2H3,(H,15,17). The molecule has 2 aromatic rings. The van der Waals surface area contributed by atoms with Gasteiger partial charge in [-0.15, -0.1) is 5.10 Å². The van der Waals surface area contributed by atoms with Gasteiger partial charge in [0, 0.05) is 11.9 Å². The van der Waals surface area contributed by atoms with Crippen molar-refractivity contribution in [3.63, 3.8) is 0 Å². The molecule has 17 heavy (non-hydrogen) atoms. The van der Waals surface area contributed by atoms with Gasteiger partial charge in [-0.2, -0.15) is 5.10 Å². The van der Waals surface area contributed by atoms with E-state index in [9.17, 15) is 4.79 Å². The summed E-state index contributed by atoms with van der Waals surface area (Å²) in [5, 5.41) is 10.3. The van der Waals surface area contributed by atoms with E-state index >= 15 is 0 Å². The Labute approximate surface area is 99.7 Å². The summed E-state index contributed by atoms with van der Waals surface area (Å²) in [4.78, 5) is 11.9. The first-order valence-electron chi connectivity index (χ1n) is 5.34. The Hall–Kier alpha value is -2.23. The van der Waals surface area contributed by atoms with Crippen LogP contribution in [0.5, 0.6) is 0 Å². The summed E-state index contributed by atoms with van der Waals surface area (Å²) in [6.45, 7) is 3.98. The molecular weight excluding hydrogens is 214 g/mol. The first-order chi connectivity index (χ1) is 8.18. The lowest BCUT2D eigenvalue weighted by atomic mass is 10.1. The molecular formula is C13H13N3O. The number of amides is 1. The molecule has 2 rings (SSSR count). The highest BCUT2D eigenvalue weighted by Gasteiger charge is 2.09. The second-order valence-corrected chi connectivity index (χ2v) is 3.81. The lowest BCUT2D eigenvalue weighted by Crippen LogP contribution is -2.15. The molecule has 0 bridgehead atoms. The second-order valence-electron chi connectivity index (χ2n) is 3.81. The predicted octanol–water partition coefficient (Wildman–Crippen LogP) is 2.35. The highest BCUT2D eigenvalue weighted by molar-refractivity contribution is 6.03. The maximum atomic E-state index is 11.9. The van der Waals surface area contributed by atoms with Gasteiger partial charge in [0.2, 0.25) is 0 Å². The molecule has 0 atom stereocenters. The van der Waals surface area contributed by atoms with Gasteiger partial charge in [-0.3, -0.25) is 4.79 Å². The number of hydrogen-bond acceptors (Lipinski definition) is 3. The Kier molecular flexibility index (Phi) is 3.14. The summed E-state index contributed by atoms with van der Waals surface area (Å²) in [6, 6.07) is 9.11. The Morgan fingerprint density at radius 1 is 1.18 bits per heavy atom. The summed E-state index contributed by atoms with van der Waals surface area (Å²) >= 11 is 0. The quantitative estimate of drug-likeness (QED) is 0.856. The summed E-state index contributed by atoms with van der Waals surface area (Å²) in [6.07, 6.45) is 1.54. The van der Waals surface area contributed by atoms with Crippen molar-refractivity contribution in [1.29, 1.82) is 0 Å². The zero-order valence-corrected chi connectivity index (χ0v) is 9.77. The highest BCUT2D eigenvalue weighted by atomic mass is 16.1. The van der Waals surface area contributed by atoms with E-state index < -0.39 is 0 Å². The second kappa shape index (κ2) is 4.74. The van der Waals surface area contributed by atoms with Gasteiger partial charge in [0.25, 0.3) is 5.91 Å². The molecule has 1 amide bonds. The number of carbonyl (C=O) groups is 1. The third-order valence-corrected chi connectivity index (χ3v) is 2.66. The van der Waals surface area contributed by atoms with Gasteiger partial charge in [0.15, 0.2) is 5.69 Å². The molecule has 1 aromatic carbocycles. The fourth-order valence-electron chi connectivity index (χ4n) is 1.50. The van der Waals surface area contributed by atoms with Crippen LogP contribution in [-0.4, -0.2) is 16.1 Å². The number of hydrogen-bond donors (Lipinski definition) is 1. The molecule has 0 radical (unpaired) electrons. The lowest BCUT2D eigenvalue weighted by molar-refractivity contribution is 0.102. The minimum atomic E-state index is -0.244. The van der Waals surface area contributed by atoms with Gasteiger partial charge < -0.3 is 5.32 Å². The van der Waals surface area contributed by atoms with E-state index in [1.165, 1.54) is 6.20 Å². The van der Waals surface area contributed by atoms with Crippen LogP contribution in [0, 0.1) is 13.8 Å². The van der Waals surface area contributed by atoms with Crippen LogP contribution >= 0.6 is 0 Å². The molecule has 0 spiro atoms. The van der Waals surface area contributed by atoms with Gasteiger partial charge in [-0.25, -0.2) is 0 Å². The minimum absolute atomic E-state index is 0.244. The van der Waals surface area contributed by atoms with Crippen molar-refractivity contribution in [1.82, 2.24) is 10.2 Å². The fourth-order valence-corrected chi connectivity index (χ4v) is 1.50. The van der Waals surface area contributed by atoms with E-state index in [4.69, 9.17) is 0 Å². The van der Waals surface area contributed by atoms with E-state index in [0.29, 0.717) is 5.69 Å². The Morgan fingerprint density at radius 3 is 2.71 bits per heavy atom. The molecule has 0 aliphatic rings. The monoisotopic (exact) mass is 227 g/mol. The number of aryl methyl sites for hydroxylation is 1. The number of nitrogens with zero attached hydrogens (tertiary/aromatic N) is 2. The number of aromatic nitrogens is 2. The fraction of sp³-hybridized carbons (Fsp3) is 0.154. The highest BCUT2D eigenvalue weighted by Crippen LogP contribution is 2.18. The van der Waals surface area contributed by atoms with Crippen molar-refractivity contribution in [2.24, 2.45) is 0 Å². The lowest BCUT2D eigenvalue weighted by Gasteiger charge is -2.09. The molecule has 1 N–H and O–H groups in total. The Balaban J connectivity index is 2.22. The molecule has 4 heteroatoms. The predicted molar refractivity (Wildman–Crippen MR) is 65.9 cm³/mol. The van der Waals surface area contributed by atoms with Crippen molar-refractivity contribution < 1.29 is 4.79 Å². The molecule has 0 unspecified atom stereocenters. The van der Waals surface area contributed by atoms with Gasteiger partial charge in [-0.05, 0) is 43.2 Å². The van der Waals surface area contributed by atoms with Crippen LogP contribution in [0.3, 0.4) is 0 Å². The van der Waals surface area contributed by atoms with Crippen molar-refractivity contribution in [2.45, 2.75) is 13.8 Å². The number of rotatable bonds is 2. The van der Waals surface area contributed by atoms with Crippen molar-refractivity contribution >= 4 is 11.6 Å². The molecule has 4 nitrogen and oxygen atoms in total. The van der Waals surface area contributed by atoms with Crippen LogP contribution in [0.25, 0.3) is 0 Å². The zero-order chi connectivity index (χ0) is 12.3. The molecule has 0 saturated carbocycles. The molecule has 0 aliphatic heterocycles. The summed E-state index contributed by atoms with van der Waals surface area (Å²) in [5.74, 6) is -0.244. The normalized spacial score (nSPS) is 10.0. The summed E-state index contributed by atoms with van der Waals surface area (Å²) in [5.41, 5.74) is 3.32. The molecule has 0 aliphatic carbocycles. The van der Waals surface area contributed by atoms with E-state index in [-0.39, 0.29) is 5.91 Å². The van der Waals surface area contributed by atoms with Crippen LogP contribution in [-0.2, 0) is 0 Å². The van der Waals surface area contributed by atoms with Gasteiger partial charge in [-0.1, -0.05) is 12.1 Å². The average Bonchev–Trinajstić information content (AvgIpc) is 2.36. The van der Waals surface area contributed by atoms with E-state index in [1.807, 2.05) is 32.0 Å². The van der Waals surface area contributed by atoms with Crippen molar-refractivity contribution in [2.75, 3.05) is 5.32 Å². The number of carbonyl (C=O) groups excluding carboxylic acids is 1. The van der Waals surface area contributed by atoms with Gasteiger partial charge >= 0.3 is 0 Å². The van der Waals surface area contributed by atoms with Crippen molar-refractivity contribution in [3.8, 4) is 0 Å². The van der Waals surface area contributed by atoms with E-state index in [0.717, 1.165) is 16.8 Å².